The Kier molecular flexibility index (Phi) is 9.22. The van der Waals surface area contributed by atoms with Gasteiger partial charge in [0.2, 0.25) is 5.91 Å². The Morgan fingerprint density at radius 1 is 1.28 bits per heavy atom. The molecule has 6 heteroatoms. The third-order valence-corrected chi connectivity index (χ3v) is 2.13. The highest BCUT2D eigenvalue weighted by atomic mass is 16.5. The Hall–Kier alpha value is -1.14. The van der Waals surface area contributed by atoms with E-state index in [1.54, 1.807) is 11.9 Å². The summed E-state index contributed by atoms with van der Waals surface area (Å²) in [5.74, 6) is -0.457. The summed E-state index contributed by atoms with van der Waals surface area (Å²) in [6, 6.07) is 0. The molecule has 0 aromatic rings. The molecule has 0 aliphatic carbocycles. The quantitative estimate of drug-likeness (QED) is 0.468. The van der Waals surface area contributed by atoms with Gasteiger partial charge in [-0.2, -0.15) is 0 Å². The van der Waals surface area contributed by atoms with Gasteiger partial charge in [-0.15, -0.1) is 0 Å². The topological polar surface area (TPSA) is 67.9 Å². The molecule has 0 bridgehead atoms. The molecule has 0 spiro atoms. The molecule has 106 valence electrons. The van der Waals surface area contributed by atoms with Gasteiger partial charge in [-0.25, -0.2) is 0 Å². The fraction of sp³-hybridized carbons (Fsp3) is 0.833. The van der Waals surface area contributed by atoms with Crippen LogP contribution in [0.25, 0.3) is 0 Å². The average molecular weight is 260 g/mol. The molecule has 0 heterocycles. The van der Waals surface area contributed by atoms with Gasteiger partial charge in [-0.05, 0) is 27.3 Å². The molecular formula is C12H24N2O4. The minimum absolute atomic E-state index is 0.106. The molecule has 0 aliphatic heterocycles. The number of carbonyl (C=O) groups excluding carboxylic acids is 2. The zero-order valence-corrected chi connectivity index (χ0v) is 11.7. The number of carbonyl (C=O) groups is 2. The third-order valence-electron chi connectivity index (χ3n) is 2.13. The Balaban J connectivity index is 3.55. The lowest BCUT2D eigenvalue weighted by Crippen LogP contribution is -2.38. The Bertz CT molecular complexity index is 256. The summed E-state index contributed by atoms with van der Waals surface area (Å²) in [5.41, 5.74) is 0. The maximum Gasteiger partial charge on any atom is 0.319 e. The van der Waals surface area contributed by atoms with Gasteiger partial charge in [-0.1, -0.05) is 0 Å². The molecule has 0 aromatic carbocycles. The fourth-order valence-corrected chi connectivity index (χ4v) is 1.26. The van der Waals surface area contributed by atoms with Crippen molar-refractivity contribution in [2.45, 2.75) is 26.4 Å². The number of ether oxygens (including phenoxy) is 2. The highest BCUT2D eigenvalue weighted by molar-refractivity contribution is 5.79. The minimum atomic E-state index is -0.351. The lowest BCUT2D eigenvalue weighted by Gasteiger charge is -2.14. The van der Waals surface area contributed by atoms with Crippen LogP contribution in [0.2, 0.25) is 0 Å². The van der Waals surface area contributed by atoms with E-state index in [1.807, 2.05) is 13.8 Å². The summed E-state index contributed by atoms with van der Waals surface area (Å²) >= 11 is 0. The summed E-state index contributed by atoms with van der Waals surface area (Å²) in [6.07, 6.45) is 0.997. The molecule has 0 unspecified atom stereocenters. The predicted molar refractivity (Wildman–Crippen MR) is 68.2 cm³/mol. The molecule has 0 radical (unpaired) electrons. The van der Waals surface area contributed by atoms with Crippen LogP contribution >= 0.6 is 0 Å². The van der Waals surface area contributed by atoms with E-state index in [0.717, 1.165) is 6.42 Å². The van der Waals surface area contributed by atoms with Crippen LogP contribution in [0.5, 0.6) is 0 Å². The van der Waals surface area contributed by atoms with Crippen molar-refractivity contribution in [3.8, 4) is 0 Å². The number of esters is 1. The van der Waals surface area contributed by atoms with Crippen molar-refractivity contribution in [1.82, 2.24) is 10.2 Å². The average Bonchev–Trinajstić information content (AvgIpc) is 2.27. The summed E-state index contributed by atoms with van der Waals surface area (Å²) in [5, 5.41) is 2.77. The number of methoxy groups -OCH3 is 1. The SMILES string of the molecule is COC(=O)CN(C)CC(=O)NCCCOC(C)C. The summed E-state index contributed by atoms with van der Waals surface area (Å²) in [7, 11) is 3.02. The first-order valence-electron chi connectivity index (χ1n) is 6.09. The normalized spacial score (nSPS) is 10.8. The zero-order chi connectivity index (χ0) is 14.0. The fourth-order valence-electron chi connectivity index (χ4n) is 1.26. The first kappa shape index (κ1) is 16.9. The van der Waals surface area contributed by atoms with Crippen molar-refractivity contribution in [2.75, 3.05) is 40.4 Å². The van der Waals surface area contributed by atoms with Gasteiger partial charge >= 0.3 is 5.97 Å². The molecule has 0 saturated carbocycles. The molecule has 0 aliphatic rings. The van der Waals surface area contributed by atoms with E-state index in [2.05, 4.69) is 10.1 Å². The second-order valence-corrected chi connectivity index (χ2v) is 4.37. The lowest BCUT2D eigenvalue weighted by atomic mass is 10.4. The monoisotopic (exact) mass is 260 g/mol. The molecule has 1 N–H and O–H groups in total. The lowest BCUT2D eigenvalue weighted by molar-refractivity contribution is -0.141. The van der Waals surface area contributed by atoms with Crippen LogP contribution < -0.4 is 5.32 Å². The molecule has 0 saturated heterocycles. The van der Waals surface area contributed by atoms with Crippen LogP contribution in [0.3, 0.4) is 0 Å². The molecule has 0 rings (SSSR count). The van der Waals surface area contributed by atoms with E-state index in [-0.39, 0.29) is 31.1 Å². The van der Waals surface area contributed by atoms with Gasteiger partial charge in [0.1, 0.15) is 0 Å². The molecule has 0 atom stereocenters. The number of hydrogen-bond acceptors (Lipinski definition) is 5. The summed E-state index contributed by atoms with van der Waals surface area (Å²) in [4.78, 5) is 24.0. The van der Waals surface area contributed by atoms with Gasteiger partial charge in [0.05, 0.1) is 26.3 Å². The van der Waals surface area contributed by atoms with Crippen molar-refractivity contribution in [2.24, 2.45) is 0 Å². The number of rotatable bonds is 9. The Labute approximate surface area is 109 Å². The molecular weight excluding hydrogens is 236 g/mol. The van der Waals surface area contributed by atoms with Crippen molar-refractivity contribution in [3.05, 3.63) is 0 Å². The molecule has 18 heavy (non-hydrogen) atoms. The van der Waals surface area contributed by atoms with Crippen LogP contribution in [-0.2, 0) is 19.1 Å². The Morgan fingerprint density at radius 2 is 1.94 bits per heavy atom. The van der Waals surface area contributed by atoms with E-state index in [0.29, 0.717) is 13.2 Å². The largest absolute Gasteiger partial charge is 0.468 e. The van der Waals surface area contributed by atoms with E-state index in [1.165, 1.54) is 7.11 Å². The van der Waals surface area contributed by atoms with Crippen LogP contribution in [-0.4, -0.2) is 63.3 Å². The van der Waals surface area contributed by atoms with Crippen LogP contribution in [0.4, 0.5) is 0 Å². The first-order valence-corrected chi connectivity index (χ1v) is 6.09. The van der Waals surface area contributed by atoms with E-state index < -0.39 is 0 Å². The molecule has 1 amide bonds. The standard InChI is InChI=1S/C12H24N2O4/c1-10(2)18-7-5-6-13-11(15)8-14(3)9-12(16)17-4/h10H,5-9H2,1-4H3,(H,13,15). The van der Waals surface area contributed by atoms with Gasteiger partial charge in [-0.3, -0.25) is 14.5 Å². The van der Waals surface area contributed by atoms with Crippen LogP contribution in [0, 0.1) is 0 Å². The number of nitrogens with zero attached hydrogens (tertiary/aromatic N) is 1. The molecule has 6 nitrogen and oxygen atoms in total. The van der Waals surface area contributed by atoms with Gasteiger partial charge in [0.25, 0.3) is 0 Å². The zero-order valence-electron chi connectivity index (χ0n) is 11.7. The second kappa shape index (κ2) is 9.85. The smallest absolute Gasteiger partial charge is 0.319 e. The number of likely N-dealkylation sites (N-methyl/N-ethyl adjacent to an activating group) is 1. The predicted octanol–water partition coefficient (Wildman–Crippen LogP) is 0.0225. The first-order chi connectivity index (χ1) is 8.45. The van der Waals surface area contributed by atoms with E-state index in [4.69, 9.17) is 4.74 Å². The number of nitrogens with one attached hydrogen (secondary N) is 1. The summed E-state index contributed by atoms with van der Waals surface area (Å²) < 4.78 is 9.86. The van der Waals surface area contributed by atoms with Crippen LogP contribution in [0.15, 0.2) is 0 Å². The van der Waals surface area contributed by atoms with E-state index in [9.17, 15) is 9.59 Å². The van der Waals surface area contributed by atoms with Crippen molar-refractivity contribution in [1.29, 1.82) is 0 Å². The molecule has 0 aromatic heterocycles. The van der Waals surface area contributed by atoms with Crippen LogP contribution in [0.1, 0.15) is 20.3 Å². The second-order valence-electron chi connectivity index (χ2n) is 4.37. The van der Waals surface area contributed by atoms with Gasteiger partial charge in [0.15, 0.2) is 0 Å². The highest BCUT2D eigenvalue weighted by Gasteiger charge is 2.10. The molecule has 0 fully saturated rings. The highest BCUT2D eigenvalue weighted by Crippen LogP contribution is 1.89. The van der Waals surface area contributed by atoms with Crippen molar-refractivity contribution < 1.29 is 19.1 Å². The third kappa shape index (κ3) is 10.0. The van der Waals surface area contributed by atoms with E-state index >= 15 is 0 Å². The van der Waals surface area contributed by atoms with Crippen molar-refractivity contribution in [3.63, 3.8) is 0 Å². The Morgan fingerprint density at radius 3 is 2.50 bits per heavy atom. The maximum atomic E-state index is 11.5. The minimum Gasteiger partial charge on any atom is -0.468 e. The number of hydrogen-bond donors (Lipinski definition) is 1. The maximum absolute atomic E-state index is 11.5. The van der Waals surface area contributed by atoms with Gasteiger partial charge < -0.3 is 14.8 Å². The van der Waals surface area contributed by atoms with Crippen molar-refractivity contribution >= 4 is 11.9 Å². The summed E-state index contributed by atoms with van der Waals surface area (Å²) in [6.45, 7) is 5.45. The number of amides is 1. The van der Waals surface area contributed by atoms with Gasteiger partial charge in [0, 0.05) is 13.2 Å².